The molecule has 1 aromatic heterocycles. The van der Waals surface area contributed by atoms with Crippen LogP contribution in [0.3, 0.4) is 0 Å². The molecule has 1 aliphatic rings. The van der Waals surface area contributed by atoms with Crippen LogP contribution in [0.1, 0.15) is 48.4 Å². The highest BCUT2D eigenvalue weighted by atomic mass is 16.5. The summed E-state index contributed by atoms with van der Waals surface area (Å²) in [5.74, 6) is -1.62. The molecule has 6 heteroatoms. The van der Waals surface area contributed by atoms with Crippen molar-refractivity contribution in [3.63, 3.8) is 0 Å². The van der Waals surface area contributed by atoms with Gasteiger partial charge < -0.3 is 14.9 Å². The van der Waals surface area contributed by atoms with Crippen LogP contribution in [-0.2, 0) is 4.79 Å². The monoisotopic (exact) mass is 266 g/mol. The summed E-state index contributed by atoms with van der Waals surface area (Å²) in [5.41, 5.74) is 0.626. The number of carboxylic acid groups (broad SMARTS) is 1. The fourth-order valence-corrected chi connectivity index (χ4v) is 2.49. The van der Waals surface area contributed by atoms with E-state index in [0.29, 0.717) is 18.5 Å². The lowest BCUT2D eigenvalue weighted by molar-refractivity contribution is -0.142. The number of nitrogens with one attached hydrogen (secondary N) is 1. The van der Waals surface area contributed by atoms with Crippen molar-refractivity contribution in [2.45, 2.75) is 45.1 Å². The van der Waals surface area contributed by atoms with E-state index < -0.39 is 17.8 Å². The summed E-state index contributed by atoms with van der Waals surface area (Å²) >= 11 is 0. The Morgan fingerprint density at radius 3 is 2.74 bits per heavy atom. The lowest BCUT2D eigenvalue weighted by Crippen LogP contribution is -2.42. The Morgan fingerprint density at radius 1 is 1.37 bits per heavy atom. The zero-order valence-electron chi connectivity index (χ0n) is 10.9. The standard InChI is InChI=1S/C13H18N2O4/c1-8-7-11(19-15-8)12(16)14-10-6-4-2-3-5-9(10)13(17)18/h7,9-10H,2-6H2,1H3,(H,14,16)(H,17,18)/t9-,10-/m1/s1. The number of rotatable bonds is 3. The average molecular weight is 266 g/mol. The molecule has 19 heavy (non-hydrogen) atoms. The highest BCUT2D eigenvalue weighted by Crippen LogP contribution is 2.24. The molecular weight excluding hydrogens is 248 g/mol. The Bertz CT molecular complexity index is 469. The maximum atomic E-state index is 12.0. The van der Waals surface area contributed by atoms with E-state index in [0.717, 1.165) is 19.3 Å². The molecule has 1 amide bonds. The molecule has 0 aromatic carbocycles. The van der Waals surface area contributed by atoms with Crippen molar-refractivity contribution in [3.8, 4) is 0 Å². The van der Waals surface area contributed by atoms with E-state index in [2.05, 4.69) is 10.5 Å². The van der Waals surface area contributed by atoms with E-state index in [-0.39, 0.29) is 11.8 Å². The lowest BCUT2D eigenvalue weighted by Gasteiger charge is -2.22. The van der Waals surface area contributed by atoms with Crippen molar-refractivity contribution in [2.75, 3.05) is 0 Å². The summed E-state index contributed by atoms with van der Waals surface area (Å²) in [6.07, 6.45) is 4.14. The predicted octanol–water partition coefficient (Wildman–Crippen LogP) is 1.75. The third-order valence-electron chi connectivity index (χ3n) is 3.50. The molecule has 0 spiro atoms. The Kier molecular flexibility index (Phi) is 4.19. The molecule has 2 atom stereocenters. The van der Waals surface area contributed by atoms with Crippen LogP contribution in [0, 0.1) is 12.8 Å². The molecule has 1 heterocycles. The predicted molar refractivity (Wildman–Crippen MR) is 66.7 cm³/mol. The Labute approximate surface area is 111 Å². The fourth-order valence-electron chi connectivity index (χ4n) is 2.49. The minimum absolute atomic E-state index is 0.130. The second kappa shape index (κ2) is 5.86. The van der Waals surface area contributed by atoms with Crippen LogP contribution < -0.4 is 5.32 Å². The van der Waals surface area contributed by atoms with Gasteiger partial charge in [-0.3, -0.25) is 9.59 Å². The van der Waals surface area contributed by atoms with E-state index in [1.54, 1.807) is 13.0 Å². The van der Waals surface area contributed by atoms with Gasteiger partial charge in [-0.15, -0.1) is 0 Å². The number of hydrogen-bond donors (Lipinski definition) is 2. The van der Waals surface area contributed by atoms with Crippen LogP contribution in [-0.4, -0.2) is 28.2 Å². The van der Waals surface area contributed by atoms with E-state index in [1.807, 2.05) is 0 Å². The van der Waals surface area contributed by atoms with Crippen LogP contribution in [0.25, 0.3) is 0 Å². The topological polar surface area (TPSA) is 92.4 Å². The van der Waals surface area contributed by atoms with Crippen molar-refractivity contribution >= 4 is 11.9 Å². The first kappa shape index (κ1) is 13.6. The molecule has 2 rings (SSSR count). The van der Waals surface area contributed by atoms with Gasteiger partial charge in [0.1, 0.15) is 0 Å². The third kappa shape index (κ3) is 3.33. The molecule has 0 aliphatic heterocycles. The Hall–Kier alpha value is -1.85. The van der Waals surface area contributed by atoms with Gasteiger partial charge in [0.2, 0.25) is 5.76 Å². The smallest absolute Gasteiger partial charge is 0.308 e. The number of carbonyl (C=O) groups excluding carboxylic acids is 1. The number of hydrogen-bond acceptors (Lipinski definition) is 4. The van der Waals surface area contributed by atoms with Crippen LogP contribution in [0.4, 0.5) is 0 Å². The SMILES string of the molecule is Cc1cc(C(=O)N[C@@H]2CCCCC[C@H]2C(=O)O)on1. The van der Waals surface area contributed by atoms with Crippen molar-refractivity contribution in [2.24, 2.45) is 5.92 Å². The number of aryl methyl sites for hydroxylation is 1. The number of aliphatic carboxylic acids is 1. The molecule has 1 aliphatic carbocycles. The summed E-state index contributed by atoms with van der Waals surface area (Å²) in [7, 11) is 0. The Balaban J connectivity index is 2.06. The zero-order valence-corrected chi connectivity index (χ0v) is 10.9. The highest BCUT2D eigenvalue weighted by molar-refractivity contribution is 5.92. The molecule has 0 unspecified atom stereocenters. The first-order valence-electron chi connectivity index (χ1n) is 6.55. The summed E-state index contributed by atoms with van der Waals surface area (Å²) in [5, 5.41) is 15.7. The van der Waals surface area contributed by atoms with Crippen LogP contribution in [0.5, 0.6) is 0 Å². The third-order valence-corrected chi connectivity index (χ3v) is 3.50. The number of carboxylic acids is 1. The number of amides is 1. The molecule has 1 saturated carbocycles. The number of carbonyl (C=O) groups is 2. The zero-order chi connectivity index (χ0) is 13.8. The number of nitrogens with zero attached hydrogens (tertiary/aromatic N) is 1. The molecule has 6 nitrogen and oxygen atoms in total. The summed E-state index contributed by atoms with van der Waals surface area (Å²) in [6, 6.07) is 1.21. The Morgan fingerprint density at radius 2 is 2.11 bits per heavy atom. The quantitative estimate of drug-likeness (QED) is 0.813. The van der Waals surface area contributed by atoms with Gasteiger partial charge in [-0.05, 0) is 19.8 Å². The molecule has 104 valence electrons. The van der Waals surface area contributed by atoms with E-state index >= 15 is 0 Å². The minimum atomic E-state index is -0.846. The molecule has 1 fully saturated rings. The van der Waals surface area contributed by atoms with Crippen molar-refractivity contribution < 1.29 is 19.2 Å². The minimum Gasteiger partial charge on any atom is -0.481 e. The highest BCUT2D eigenvalue weighted by Gasteiger charge is 2.31. The van der Waals surface area contributed by atoms with Crippen LogP contribution >= 0.6 is 0 Å². The molecule has 0 bridgehead atoms. The van der Waals surface area contributed by atoms with E-state index in [1.165, 1.54) is 0 Å². The van der Waals surface area contributed by atoms with Crippen LogP contribution in [0.15, 0.2) is 10.6 Å². The normalized spacial score (nSPS) is 23.6. The molecule has 1 aromatic rings. The number of aromatic nitrogens is 1. The first-order valence-corrected chi connectivity index (χ1v) is 6.55. The van der Waals surface area contributed by atoms with E-state index in [4.69, 9.17) is 4.52 Å². The van der Waals surface area contributed by atoms with Gasteiger partial charge in [-0.1, -0.05) is 24.4 Å². The molecular formula is C13H18N2O4. The fraction of sp³-hybridized carbons (Fsp3) is 0.615. The van der Waals surface area contributed by atoms with Gasteiger partial charge in [0.25, 0.3) is 5.91 Å². The average Bonchev–Trinajstić information content (AvgIpc) is 2.65. The van der Waals surface area contributed by atoms with Gasteiger partial charge in [0.05, 0.1) is 11.6 Å². The summed E-state index contributed by atoms with van der Waals surface area (Å²) in [4.78, 5) is 23.2. The van der Waals surface area contributed by atoms with Crippen LogP contribution in [0.2, 0.25) is 0 Å². The largest absolute Gasteiger partial charge is 0.481 e. The van der Waals surface area contributed by atoms with Gasteiger partial charge in [0, 0.05) is 12.1 Å². The summed E-state index contributed by atoms with van der Waals surface area (Å²) in [6.45, 7) is 1.73. The first-order chi connectivity index (χ1) is 9.08. The van der Waals surface area contributed by atoms with Crippen molar-refractivity contribution in [1.29, 1.82) is 0 Å². The van der Waals surface area contributed by atoms with Gasteiger partial charge in [-0.25, -0.2) is 0 Å². The van der Waals surface area contributed by atoms with Crippen molar-refractivity contribution in [3.05, 3.63) is 17.5 Å². The molecule has 0 saturated heterocycles. The van der Waals surface area contributed by atoms with Gasteiger partial charge in [-0.2, -0.15) is 0 Å². The van der Waals surface area contributed by atoms with Gasteiger partial charge >= 0.3 is 5.97 Å². The maximum absolute atomic E-state index is 12.0. The lowest BCUT2D eigenvalue weighted by atomic mass is 9.95. The van der Waals surface area contributed by atoms with E-state index in [9.17, 15) is 14.7 Å². The van der Waals surface area contributed by atoms with Crippen molar-refractivity contribution in [1.82, 2.24) is 10.5 Å². The van der Waals surface area contributed by atoms with Gasteiger partial charge in [0.15, 0.2) is 0 Å². The maximum Gasteiger partial charge on any atom is 0.308 e. The summed E-state index contributed by atoms with van der Waals surface area (Å²) < 4.78 is 4.89. The second-order valence-corrected chi connectivity index (χ2v) is 5.00. The molecule has 2 N–H and O–H groups in total. The molecule has 0 radical (unpaired) electrons. The second-order valence-electron chi connectivity index (χ2n) is 5.00.